The van der Waals surface area contributed by atoms with Crippen molar-refractivity contribution in [3.05, 3.63) is 0 Å². The fraction of sp³-hybridized carbons (Fsp3) is 0.824. The van der Waals surface area contributed by atoms with Crippen molar-refractivity contribution in [3.63, 3.8) is 0 Å². The van der Waals surface area contributed by atoms with Gasteiger partial charge in [-0.1, -0.05) is 0 Å². The zero-order valence-corrected chi connectivity index (χ0v) is 14.5. The van der Waals surface area contributed by atoms with Gasteiger partial charge in [0.15, 0.2) is 5.66 Å². The molecule has 0 unspecified atom stereocenters. The van der Waals surface area contributed by atoms with Gasteiger partial charge in [0.1, 0.15) is 0 Å². The number of rotatable bonds is 8. The highest BCUT2D eigenvalue weighted by Crippen LogP contribution is 2.37. The van der Waals surface area contributed by atoms with Gasteiger partial charge in [-0.15, -0.1) is 12.3 Å². The van der Waals surface area contributed by atoms with Crippen LogP contribution in [0.1, 0.15) is 39.5 Å². The number of terminal acetylenes is 1. The predicted molar refractivity (Wildman–Crippen MR) is 89.0 cm³/mol. The summed E-state index contributed by atoms with van der Waals surface area (Å²) in [6, 6.07) is 0. The molecular weight excluding hydrogens is 292 g/mol. The van der Waals surface area contributed by atoms with Gasteiger partial charge in [0.05, 0.1) is 12.2 Å². The number of ether oxygens (including phenoxy) is 1. The normalized spacial score (nSPS) is 25.8. The first-order chi connectivity index (χ1) is 10.9. The lowest BCUT2D eigenvalue weighted by Gasteiger charge is -2.36. The zero-order chi connectivity index (χ0) is 16.9. The molecule has 1 saturated heterocycles. The molecule has 0 aliphatic carbocycles. The maximum atomic E-state index is 12.3. The van der Waals surface area contributed by atoms with Crippen molar-refractivity contribution in [2.75, 3.05) is 33.2 Å². The fourth-order valence-electron chi connectivity index (χ4n) is 3.05. The second-order valence-corrected chi connectivity index (χ2v) is 6.72. The molecule has 0 aromatic rings. The second kappa shape index (κ2) is 7.89. The molecule has 0 N–H and O–H groups in total. The van der Waals surface area contributed by atoms with E-state index in [1.165, 1.54) is 0 Å². The van der Waals surface area contributed by atoms with E-state index in [-0.39, 0.29) is 23.8 Å². The van der Waals surface area contributed by atoms with Crippen molar-refractivity contribution in [2.24, 2.45) is 10.2 Å². The predicted octanol–water partition coefficient (Wildman–Crippen LogP) is 1.91. The van der Waals surface area contributed by atoms with Gasteiger partial charge in [0, 0.05) is 58.9 Å². The van der Waals surface area contributed by atoms with E-state index in [2.05, 4.69) is 34.9 Å². The Bertz CT molecular complexity index is 469. The lowest BCUT2D eigenvalue weighted by atomic mass is 10.0. The number of carbonyl (C=O) groups is 1. The van der Waals surface area contributed by atoms with Crippen molar-refractivity contribution in [1.29, 1.82) is 0 Å². The molecule has 0 aromatic heterocycles. The monoisotopic (exact) mass is 320 g/mol. The summed E-state index contributed by atoms with van der Waals surface area (Å²) < 4.78 is 5.73. The molecule has 6 heteroatoms. The van der Waals surface area contributed by atoms with E-state index in [0.717, 1.165) is 32.6 Å². The smallest absolute Gasteiger partial charge is 0.222 e. The third kappa shape index (κ3) is 5.60. The maximum Gasteiger partial charge on any atom is 0.222 e. The van der Waals surface area contributed by atoms with Gasteiger partial charge < -0.3 is 9.64 Å². The van der Waals surface area contributed by atoms with Crippen LogP contribution in [0.3, 0.4) is 0 Å². The Morgan fingerprint density at radius 1 is 1.35 bits per heavy atom. The van der Waals surface area contributed by atoms with Crippen molar-refractivity contribution in [3.8, 4) is 12.3 Å². The fourth-order valence-corrected chi connectivity index (χ4v) is 3.05. The Balaban J connectivity index is 1.66. The average Bonchev–Trinajstić information content (AvgIpc) is 3.28. The van der Waals surface area contributed by atoms with E-state index < -0.39 is 0 Å². The highest BCUT2D eigenvalue weighted by Gasteiger charge is 2.39. The summed E-state index contributed by atoms with van der Waals surface area (Å²) in [6.45, 7) is 7.67. The summed E-state index contributed by atoms with van der Waals surface area (Å²) in [5.41, 5.74) is -0.363. The van der Waals surface area contributed by atoms with Crippen LogP contribution in [-0.4, -0.2) is 66.8 Å². The first kappa shape index (κ1) is 17.9. The van der Waals surface area contributed by atoms with Gasteiger partial charge in [-0.2, -0.15) is 10.2 Å². The van der Waals surface area contributed by atoms with Gasteiger partial charge in [-0.3, -0.25) is 9.69 Å². The highest BCUT2D eigenvalue weighted by molar-refractivity contribution is 5.76. The molecule has 0 bridgehead atoms. The standard InChI is InChI=1S/C17H28N4O2/c1-5-6-8-17(18-19-17)9-7-16(22)20(4)10-11-21-12-14(2)23-15(3)13-21/h1,14-15H,6-13H2,2-4H3/t14-,15+. The second-order valence-electron chi connectivity index (χ2n) is 6.72. The third-order valence-corrected chi connectivity index (χ3v) is 4.46. The molecule has 0 aromatic carbocycles. The summed E-state index contributed by atoms with van der Waals surface area (Å²) >= 11 is 0. The van der Waals surface area contributed by atoms with Crippen molar-refractivity contribution in [2.45, 2.75) is 57.4 Å². The number of amides is 1. The van der Waals surface area contributed by atoms with E-state index >= 15 is 0 Å². The number of hydrogen-bond acceptors (Lipinski definition) is 5. The number of carbonyl (C=O) groups excluding carboxylic acids is 1. The maximum absolute atomic E-state index is 12.3. The molecule has 0 saturated carbocycles. The SMILES string of the molecule is C#CCCC1(CCC(=O)N(C)CCN2C[C@@H](C)O[C@@H](C)C2)N=N1. The minimum Gasteiger partial charge on any atom is -0.373 e. The Morgan fingerprint density at radius 2 is 2.00 bits per heavy atom. The number of morpholine rings is 1. The summed E-state index contributed by atoms with van der Waals surface area (Å²) in [7, 11) is 1.87. The van der Waals surface area contributed by atoms with E-state index in [9.17, 15) is 4.79 Å². The Kier molecular flexibility index (Phi) is 6.14. The van der Waals surface area contributed by atoms with Gasteiger partial charge in [0.2, 0.25) is 5.91 Å². The van der Waals surface area contributed by atoms with Crippen molar-refractivity contribution < 1.29 is 9.53 Å². The average molecular weight is 320 g/mol. The molecule has 2 aliphatic rings. The quantitative estimate of drug-likeness (QED) is 0.642. The summed E-state index contributed by atoms with van der Waals surface area (Å²) in [5, 5.41) is 8.15. The summed E-state index contributed by atoms with van der Waals surface area (Å²) in [6.07, 6.45) is 8.35. The Labute approximate surface area is 139 Å². The molecule has 128 valence electrons. The summed E-state index contributed by atoms with van der Waals surface area (Å²) in [4.78, 5) is 16.4. The van der Waals surface area contributed by atoms with E-state index in [0.29, 0.717) is 19.3 Å². The van der Waals surface area contributed by atoms with Gasteiger partial charge in [0.25, 0.3) is 0 Å². The molecule has 0 spiro atoms. The van der Waals surface area contributed by atoms with Crippen molar-refractivity contribution >= 4 is 5.91 Å². The van der Waals surface area contributed by atoms with Gasteiger partial charge >= 0.3 is 0 Å². The largest absolute Gasteiger partial charge is 0.373 e. The van der Waals surface area contributed by atoms with Crippen LogP contribution >= 0.6 is 0 Å². The van der Waals surface area contributed by atoms with Crippen LogP contribution in [0.5, 0.6) is 0 Å². The van der Waals surface area contributed by atoms with Gasteiger partial charge in [-0.05, 0) is 13.8 Å². The molecule has 2 rings (SSSR count). The molecular formula is C17H28N4O2. The lowest BCUT2D eigenvalue weighted by Crippen LogP contribution is -2.48. The van der Waals surface area contributed by atoms with Crippen LogP contribution in [0.2, 0.25) is 0 Å². The van der Waals surface area contributed by atoms with Crippen LogP contribution < -0.4 is 0 Å². The Hall–Kier alpha value is -1.45. The first-order valence-corrected chi connectivity index (χ1v) is 8.43. The topological polar surface area (TPSA) is 57.5 Å². The van der Waals surface area contributed by atoms with Crippen molar-refractivity contribution in [1.82, 2.24) is 9.80 Å². The summed E-state index contributed by atoms with van der Waals surface area (Å²) in [5.74, 6) is 2.76. The number of likely N-dealkylation sites (N-methyl/N-ethyl adjacent to an activating group) is 1. The molecule has 23 heavy (non-hydrogen) atoms. The van der Waals surface area contributed by atoms with E-state index in [4.69, 9.17) is 11.2 Å². The minimum absolute atomic E-state index is 0.150. The van der Waals surface area contributed by atoms with E-state index in [1.54, 1.807) is 0 Å². The first-order valence-electron chi connectivity index (χ1n) is 8.43. The highest BCUT2D eigenvalue weighted by atomic mass is 16.5. The van der Waals surface area contributed by atoms with Crippen LogP contribution in [-0.2, 0) is 9.53 Å². The van der Waals surface area contributed by atoms with Crippen LogP contribution in [0, 0.1) is 12.3 Å². The Morgan fingerprint density at radius 3 is 2.57 bits per heavy atom. The molecule has 2 aliphatic heterocycles. The molecule has 0 radical (unpaired) electrons. The third-order valence-electron chi connectivity index (χ3n) is 4.46. The van der Waals surface area contributed by atoms with Crippen LogP contribution in [0.15, 0.2) is 10.2 Å². The molecule has 1 amide bonds. The van der Waals surface area contributed by atoms with Crippen LogP contribution in [0.25, 0.3) is 0 Å². The molecule has 2 heterocycles. The molecule has 2 atom stereocenters. The lowest BCUT2D eigenvalue weighted by molar-refractivity contribution is -0.130. The minimum atomic E-state index is -0.363. The zero-order valence-electron chi connectivity index (χ0n) is 14.5. The number of hydrogen-bond donors (Lipinski definition) is 0. The van der Waals surface area contributed by atoms with Gasteiger partial charge in [-0.25, -0.2) is 0 Å². The van der Waals surface area contributed by atoms with Crippen LogP contribution in [0.4, 0.5) is 0 Å². The molecule has 1 fully saturated rings. The number of nitrogens with zero attached hydrogens (tertiary/aromatic N) is 4. The van der Waals surface area contributed by atoms with E-state index in [1.807, 2.05) is 11.9 Å². The molecule has 6 nitrogen and oxygen atoms in total.